The molecule has 0 fully saturated rings. The Morgan fingerprint density at radius 3 is 2.00 bits per heavy atom. The van der Waals surface area contributed by atoms with Gasteiger partial charge in [-0.15, -0.1) is 0 Å². The zero-order valence-electron chi connectivity index (χ0n) is 22.1. The van der Waals surface area contributed by atoms with Gasteiger partial charge >= 0.3 is 0 Å². The van der Waals surface area contributed by atoms with E-state index in [2.05, 4.69) is 57.6 Å². The molecule has 7 heteroatoms. The van der Waals surface area contributed by atoms with Gasteiger partial charge in [0.2, 0.25) is 0 Å². The van der Waals surface area contributed by atoms with E-state index in [1.54, 1.807) is 26.4 Å². The molecule has 5 rings (SSSR count). The van der Waals surface area contributed by atoms with Crippen LogP contribution in [0.25, 0.3) is 33.0 Å². The van der Waals surface area contributed by atoms with E-state index in [4.69, 9.17) is 9.47 Å². The maximum atomic E-state index is 13.5. The molecular weight excluding hydrogens is 570 g/mol. The average Bonchev–Trinajstić information content (AvgIpc) is 3.00. The lowest BCUT2D eigenvalue weighted by atomic mass is 9.94. The minimum Gasteiger partial charge on any atom is -0.493 e. The minimum atomic E-state index is -0.415. The Morgan fingerprint density at radius 2 is 1.38 bits per heavy atom. The SMILES string of the molecule is COc1cc2c(NC(=O)c3c(Br)ccc(CO)c3CO)ccc(-c3ccc(-c4ccccc4)cc3)c2cc1OC. The molecule has 0 unspecified atom stereocenters. The van der Waals surface area contributed by atoms with Gasteiger partial charge in [-0.3, -0.25) is 4.79 Å². The van der Waals surface area contributed by atoms with Crippen molar-refractivity contribution >= 4 is 38.3 Å². The summed E-state index contributed by atoms with van der Waals surface area (Å²) in [6, 6.07) is 29.5. The minimum absolute atomic E-state index is 0.267. The van der Waals surface area contributed by atoms with E-state index < -0.39 is 5.91 Å². The molecule has 0 radical (unpaired) electrons. The third-order valence-electron chi connectivity index (χ3n) is 6.99. The number of aliphatic hydroxyl groups is 2. The Hall–Kier alpha value is -4.17. The molecule has 0 saturated carbocycles. The molecule has 202 valence electrons. The van der Waals surface area contributed by atoms with Gasteiger partial charge in [0.05, 0.1) is 33.0 Å². The van der Waals surface area contributed by atoms with Gasteiger partial charge in [0.15, 0.2) is 11.5 Å². The van der Waals surface area contributed by atoms with Crippen LogP contribution in [-0.2, 0) is 13.2 Å². The Balaban J connectivity index is 1.62. The number of aliphatic hydroxyl groups excluding tert-OH is 2. The number of methoxy groups -OCH3 is 2. The number of hydrogen-bond acceptors (Lipinski definition) is 5. The second-order valence-corrected chi connectivity index (χ2v) is 10.0. The standard InChI is InChI=1S/C33H28BrNO5/c1-39-30-16-25-24(22-10-8-21(9-11-22)20-6-4-3-5-7-20)13-15-29(26(25)17-31(30)40-2)35-33(38)32-27(19-37)23(18-36)12-14-28(32)34/h3-17,36-37H,18-19H2,1-2H3,(H,35,38). The summed E-state index contributed by atoms with van der Waals surface area (Å²) in [4.78, 5) is 13.5. The van der Waals surface area contributed by atoms with Crippen LogP contribution in [0.15, 0.2) is 95.5 Å². The second kappa shape index (κ2) is 11.9. The molecule has 6 nitrogen and oxygen atoms in total. The summed E-state index contributed by atoms with van der Waals surface area (Å²) < 4.78 is 11.7. The largest absolute Gasteiger partial charge is 0.493 e. The number of amides is 1. The fourth-order valence-electron chi connectivity index (χ4n) is 4.93. The number of anilines is 1. The molecule has 40 heavy (non-hydrogen) atoms. The fraction of sp³-hybridized carbons (Fsp3) is 0.121. The third kappa shape index (κ3) is 5.19. The van der Waals surface area contributed by atoms with E-state index in [9.17, 15) is 15.0 Å². The normalized spacial score (nSPS) is 10.9. The number of carbonyl (C=O) groups is 1. The van der Waals surface area contributed by atoms with E-state index in [-0.39, 0.29) is 18.8 Å². The highest BCUT2D eigenvalue weighted by molar-refractivity contribution is 9.10. The van der Waals surface area contributed by atoms with Gasteiger partial charge < -0.3 is 25.0 Å². The number of carbonyl (C=O) groups excluding carboxylic acids is 1. The molecule has 0 spiro atoms. The van der Waals surface area contributed by atoms with E-state index >= 15 is 0 Å². The number of rotatable bonds is 8. The zero-order chi connectivity index (χ0) is 28.2. The quantitative estimate of drug-likeness (QED) is 0.176. The molecule has 0 aromatic heterocycles. The number of benzene rings is 5. The summed E-state index contributed by atoms with van der Waals surface area (Å²) in [5, 5.41) is 24.3. The molecule has 0 saturated heterocycles. The van der Waals surface area contributed by atoms with Crippen LogP contribution in [0.3, 0.4) is 0 Å². The van der Waals surface area contributed by atoms with Crippen molar-refractivity contribution in [1.82, 2.24) is 0 Å². The lowest BCUT2D eigenvalue weighted by Crippen LogP contribution is -2.17. The topological polar surface area (TPSA) is 88.0 Å². The lowest BCUT2D eigenvalue weighted by Gasteiger charge is -2.18. The van der Waals surface area contributed by atoms with Crippen LogP contribution in [0.4, 0.5) is 5.69 Å². The van der Waals surface area contributed by atoms with E-state index in [0.29, 0.717) is 32.8 Å². The van der Waals surface area contributed by atoms with Gasteiger partial charge in [-0.25, -0.2) is 0 Å². The number of nitrogens with one attached hydrogen (secondary N) is 1. The van der Waals surface area contributed by atoms with Crippen molar-refractivity contribution in [1.29, 1.82) is 0 Å². The molecule has 0 aliphatic carbocycles. The monoisotopic (exact) mass is 597 g/mol. The van der Waals surface area contributed by atoms with Gasteiger partial charge in [0, 0.05) is 15.5 Å². The Kier molecular flexibility index (Phi) is 8.16. The summed E-state index contributed by atoms with van der Waals surface area (Å²) in [5.74, 6) is 0.686. The molecule has 3 N–H and O–H groups in total. The van der Waals surface area contributed by atoms with Crippen LogP contribution in [-0.4, -0.2) is 30.3 Å². The first-order chi connectivity index (χ1) is 19.5. The van der Waals surface area contributed by atoms with Gasteiger partial charge in [-0.1, -0.05) is 66.7 Å². The molecular formula is C33H28BrNO5. The van der Waals surface area contributed by atoms with Crippen LogP contribution in [0.5, 0.6) is 11.5 Å². The predicted molar refractivity (Wildman–Crippen MR) is 162 cm³/mol. The Bertz CT molecular complexity index is 1680. The molecule has 5 aromatic carbocycles. The number of halogens is 1. The average molecular weight is 598 g/mol. The van der Waals surface area contributed by atoms with Crippen LogP contribution in [0.1, 0.15) is 21.5 Å². The third-order valence-corrected chi connectivity index (χ3v) is 7.65. The molecule has 0 bridgehead atoms. The van der Waals surface area contributed by atoms with E-state index in [0.717, 1.165) is 33.0 Å². The van der Waals surface area contributed by atoms with Crippen molar-refractivity contribution in [2.45, 2.75) is 13.2 Å². The van der Waals surface area contributed by atoms with Gasteiger partial charge in [-0.2, -0.15) is 0 Å². The van der Waals surface area contributed by atoms with Gasteiger partial charge in [-0.05, 0) is 79.0 Å². The first-order valence-corrected chi connectivity index (χ1v) is 13.5. The predicted octanol–water partition coefficient (Wildman–Crippen LogP) is 7.19. The molecule has 0 aliphatic rings. The first-order valence-electron chi connectivity index (χ1n) is 12.7. The molecule has 1 amide bonds. The van der Waals surface area contributed by atoms with E-state index in [1.807, 2.05) is 42.5 Å². The summed E-state index contributed by atoms with van der Waals surface area (Å²) in [5.41, 5.74) is 5.92. The summed E-state index contributed by atoms with van der Waals surface area (Å²) in [6.45, 7) is -0.678. The first kappa shape index (κ1) is 27.4. The highest BCUT2D eigenvalue weighted by Crippen LogP contribution is 2.41. The molecule has 0 heterocycles. The van der Waals surface area contributed by atoms with Crippen LogP contribution in [0, 0.1) is 0 Å². The van der Waals surface area contributed by atoms with Crippen molar-refractivity contribution < 1.29 is 24.5 Å². The van der Waals surface area contributed by atoms with Crippen molar-refractivity contribution in [2.75, 3.05) is 19.5 Å². The maximum absolute atomic E-state index is 13.5. The van der Waals surface area contributed by atoms with Crippen molar-refractivity contribution in [2.24, 2.45) is 0 Å². The van der Waals surface area contributed by atoms with Crippen molar-refractivity contribution in [3.63, 3.8) is 0 Å². The molecule has 5 aromatic rings. The van der Waals surface area contributed by atoms with E-state index in [1.165, 1.54) is 0 Å². The van der Waals surface area contributed by atoms with Gasteiger partial charge in [0.25, 0.3) is 5.91 Å². The number of hydrogen-bond donors (Lipinski definition) is 3. The van der Waals surface area contributed by atoms with Crippen LogP contribution in [0.2, 0.25) is 0 Å². The van der Waals surface area contributed by atoms with Crippen molar-refractivity contribution in [3.8, 4) is 33.8 Å². The second-order valence-electron chi connectivity index (χ2n) is 9.19. The Labute approximate surface area is 241 Å². The van der Waals surface area contributed by atoms with Crippen molar-refractivity contribution in [3.05, 3.63) is 112 Å². The summed E-state index contributed by atoms with van der Waals surface area (Å²) in [7, 11) is 3.16. The smallest absolute Gasteiger partial charge is 0.257 e. The maximum Gasteiger partial charge on any atom is 0.257 e. The number of fused-ring (bicyclic) bond motifs is 1. The molecule has 0 aliphatic heterocycles. The number of ether oxygens (including phenoxy) is 2. The Morgan fingerprint density at radius 1 is 0.750 bits per heavy atom. The lowest BCUT2D eigenvalue weighted by molar-refractivity contribution is 0.102. The highest BCUT2D eigenvalue weighted by Gasteiger charge is 2.20. The highest BCUT2D eigenvalue weighted by atomic mass is 79.9. The zero-order valence-corrected chi connectivity index (χ0v) is 23.7. The van der Waals surface area contributed by atoms with Crippen LogP contribution >= 0.6 is 15.9 Å². The van der Waals surface area contributed by atoms with Crippen LogP contribution < -0.4 is 14.8 Å². The summed E-state index contributed by atoms with van der Waals surface area (Å²) >= 11 is 3.43. The van der Waals surface area contributed by atoms with Gasteiger partial charge in [0.1, 0.15) is 0 Å². The molecule has 0 atom stereocenters. The fourth-order valence-corrected chi connectivity index (χ4v) is 5.48. The summed E-state index contributed by atoms with van der Waals surface area (Å²) in [6.07, 6.45) is 0.